The van der Waals surface area contributed by atoms with Gasteiger partial charge in [0, 0.05) is 43.5 Å². The molecule has 0 saturated heterocycles. The van der Waals surface area contributed by atoms with Crippen LogP contribution < -0.4 is 16.0 Å². The van der Waals surface area contributed by atoms with Crippen LogP contribution in [0.1, 0.15) is 30.4 Å². The summed E-state index contributed by atoms with van der Waals surface area (Å²) in [6.45, 7) is 3.97. The van der Waals surface area contributed by atoms with Gasteiger partial charge in [0.25, 0.3) is 0 Å². The molecule has 2 heterocycles. The third kappa shape index (κ3) is 5.63. The van der Waals surface area contributed by atoms with Gasteiger partial charge in [0.05, 0.1) is 18.6 Å². The van der Waals surface area contributed by atoms with Crippen LogP contribution in [0.5, 0.6) is 0 Å². The number of aromatic nitrogens is 2. The van der Waals surface area contributed by atoms with Crippen molar-refractivity contribution in [2.24, 2.45) is 4.99 Å². The zero-order valence-corrected chi connectivity index (χ0v) is 19.7. The maximum absolute atomic E-state index is 12.1. The molecule has 1 amide bonds. The highest BCUT2D eigenvalue weighted by atomic mass is 127. The van der Waals surface area contributed by atoms with E-state index < -0.39 is 0 Å². The highest BCUT2D eigenvalue weighted by Crippen LogP contribution is 2.31. The molecule has 1 aromatic heterocycles. The van der Waals surface area contributed by atoms with E-state index in [1.807, 2.05) is 48.0 Å². The van der Waals surface area contributed by atoms with E-state index in [4.69, 9.17) is 4.99 Å². The number of nitrogens with zero attached hydrogens (tertiary/aromatic N) is 3. The van der Waals surface area contributed by atoms with Gasteiger partial charge in [-0.1, -0.05) is 36.4 Å². The van der Waals surface area contributed by atoms with Crippen molar-refractivity contribution in [3.05, 3.63) is 78.4 Å². The van der Waals surface area contributed by atoms with Crippen LogP contribution in [0.3, 0.4) is 0 Å². The number of fused-ring (bicyclic) bond motifs is 1. The van der Waals surface area contributed by atoms with E-state index in [9.17, 15) is 4.79 Å². The van der Waals surface area contributed by atoms with E-state index in [0.29, 0.717) is 19.5 Å². The quantitative estimate of drug-likeness (QED) is 0.258. The van der Waals surface area contributed by atoms with E-state index in [-0.39, 0.29) is 35.8 Å². The fourth-order valence-corrected chi connectivity index (χ4v) is 3.71. The zero-order chi connectivity index (χ0) is 20.8. The molecule has 0 aliphatic carbocycles. The SMILES string of the molecule is CCNC(=NCc1ccccc1-n1ccnc1)NCC1CC(=O)Nc2ccccc21.I. The first-order chi connectivity index (χ1) is 14.7. The standard InChI is InChI=1S/C23H26N6O.HI/c1-2-25-23(26-14-17-7-3-6-10-21(17)29-12-11-24-16-29)27-15-18-13-22(30)28-20-9-5-4-8-19(18)20;/h3-12,16,18H,2,13-15H2,1H3,(H,28,30)(H2,25,26,27);1H. The number of carbonyl (C=O) groups excluding carboxylic acids is 1. The summed E-state index contributed by atoms with van der Waals surface area (Å²) >= 11 is 0. The molecular weight excluding hydrogens is 503 g/mol. The molecule has 1 unspecified atom stereocenters. The lowest BCUT2D eigenvalue weighted by Crippen LogP contribution is -2.40. The monoisotopic (exact) mass is 530 g/mol. The summed E-state index contributed by atoms with van der Waals surface area (Å²) in [7, 11) is 0. The van der Waals surface area contributed by atoms with Crippen molar-refractivity contribution in [1.29, 1.82) is 0 Å². The molecule has 0 bridgehead atoms. The van der Waals surface area contributed by atoms with E-state index in [1.54, 1.807) is 12.5 Å². The largest absolute Gasteiger partial charge is 0.357 e. The molecule has 3 N–H and O–H groups in total. The van der Waals surface area contributed by atoms with Crippen LogP contribution in [0, 0.1) is 0 Å². The number of rotatable bonds is 6. The minimum Gasteiger partial charge on any atom is -0.357 e. The Balaban J connectivity index is 0.00000272. The first-order valence-electron chi connectivity index (χ1n) is 10.2. The van der Waals surface area contributed by atoms with Crippen LogP contribution >= 0.6 is 24.0 Å². The van der Waals surface area contributed by atoms with Crippen LogP contribution in [-0.4, -0.2) is 34.5 Å². The molecule has 0 fully saturated rings. The maximum Gasteiger partial charge on any atom is 0.225 e. The summed E-state index contributed by atoms with van der Waals surface area (Å²) in [6.07, 6.45) is 5.95. The number of benzene rings is 2. The van der Waals surface area contributed by atoms with Gasteiger partial charge < -0.3 is 20.5 Å². The number of anilines is 1. The summed E-state index contributed by atoms with van der Waals surface area (Å²) in [5.41, 5.74) is 4.23. The fraction of sp³-hybridized carbons (Fsp3) is 0.261. The second kappa shape index (κ2) is 10.9. The molecule has 162 valence electrons. The topological polar surface area (TPSA) is 83.3 Å². The number of guanidine groups is 1. The van der Waals surface area contributed by atoms with Gasteiger partial charge in [-0.15, -0.1) is 24.0 Å². The molecule has 1 aliphatic heterocycles. The predicted octanol–water partition coefficient (Wildman–Crippen LogP) is 3.67. The minimum absolute atomic E-state index is 0. The van der Waals surface area contributed by atoms with Crippen LogP contribution in [0.15, 0.2) is 72.2 Å². The zero-order valence-electron chi connectivity index (χ0n) is 17.4. The predicted molar refractivity (Wildman–Crippen MR) is 134 cm³/mol. The fourth-order valence-electron chi connectivity index (χ4n) is 3.71. The molecule has 4 rings (SSSR count). The number of amides is 1. The third-order valence-corrected chi connectivity index (χ3v) is 5.15. The number of aliphatic imine (C=N–C) groups is 1. The van der Waals surface area contributed by atoms with Crippen molar-refractivity contribution >= 4 is 41.5 Å². The lowest BCUT2D eigenvalue weighted by molar-refractivity contribution is -0.116. The summed E-state index contributed by atoms with van der Waals surface area (Å²) in [4.78, 5) is 21.0. The number of halogens is 1. The lowest BCUT2D eigenvalue weighted by atomic mass is 9.90. The number of hydrogen-bond acceptors (Lipinski definition) is 3. The molecule has 1 aliphatic rings. The van der Waals surface area contributed by atoms with E-state index in [2.05, 4.69) is 39.1 Å². The van der Waals surface area contributed by atoms with Crippen LogP contribution in [0.4, 0.5) is 5.69 Å². The van der Waals surface area contributed by atoms with Gasteiger partial charge in [-0.2, -0.15) is 0 Å². The highest BCUT2D eigenvalue weighted by molar-refractivity contribution is 14.0. The summed E-state index contributed by atoms with van der Waals surface area (Å²) in [5, 5.41) is 9.67. The molecule has 1 atom stereocenters. The molecular formula is C23H27IN6O. The highest BCUT2D eigenvalue weighted by Gasteiger charge is 2.24. The smallest absolute Gasteiger partial charge is 0.225 e. The number of imidazole rings is 1. The Morgan fingerprint density at radius 2 is 2.00 bits per heavy atom. The van der Waals surface area contributed by atoms with Gasteiger partial charge in [0.1, 0.15) is 0 Å². The van der Waals surface area contributed by atoms with Gasteiger partial charge >= 0.3 is 0 Å². The number of nitrogens with one attached hydrogen (secondary N) is 3. The molecule has 0 spiro atoms. The maximum atomic E-state index is 12.1. The van der Waals surface area contributed by atoms with E-state index in [0.717, 1.165) is 35.0 Å². The Labute approximate surface area is 199 Å². The molecule has 3 aromatic rings. The van der Waals surface area contributed by atoms with Crippen molar-refractivity contribution in [3.8, 4) is 5.69 Å². The Bertz CT molecular complexity index is 1030. The molecule has 0 saturated carbocycles. The van der Waals surface area contributed by atoms with Crippen LogP contribution in [0.25, 0.3) is 5.69 Å². The third-order valence-electron chi connectivity index (χ3n) is 5.15. The Morgan fingerprint density at radius 1 is 1.19 bits per heavy atom. The van der Waals surface area contributed by atoms with Crippen molar-refractivity contribution in [1.82, 2.24) is 20.2 Å². The number of carbonyl (C=O) groups is 1. The molecule has 2 aromatic carbocycles. The van der Waals surface area contributed by atoms with E-state index >= 15 is 0 Å². The Hall–Kier alpha value is -2.88. The van der Waals surface area contributed by atoms with Crippen LogP contribution in [-0.2, 0) is 11.3 Å². The Morgan fingerprint density at radius 3 is 2.81 bits per heavy atom. The molecule has 31 heavy (non-hydrogen) atoms. The van der Waals surface area contributed by atoms with Crippen molar-refractivity contribution in [2.75, 3.05) is 18.4 Å². The average molecular weight is 530 g/mol. The number of para-hydroxylation sites is 2. The minimum atomic E-state index is 0. The van der Waals surface area contributed by atoms with Crippen molar-refractivity contribution < 1.29 is 4.79 Å². The van der Waals surface area contributed by atoms with Gasteiger partial charge in [0.2, 0.25) is 5.91 Å². The summed E-state index contributed by atoms with van der Waals surface area (Å²) in [5.74, 6) is 0.898. The summed E-state index contributed by atoms with van der Waals surface area (Å²) in [6, 6.07) is 16.1. The van der Waals surface area contributed by atoms with Gasteiger partial charge in [-0.25, -0.2) is 9.98 Å². The first-order valence-corrected chi connectivity index (χ1v) is 10.2. The second-order valence-electron chi connectivity index (χ2n) is 7.21. The average Bonchev–Trinajstić information content (AvgIpc) is 3.30. The molecule has 0 radical (unpaired) electrons. The van der Waals surface area contributed by atoms with Crippen molar-refractivity contribution in [2.45, 2.75) is 25.8 Å². The Kier molecular flexibility index (Phi) is 8.05. The molecule has 7 nitrogen and oxygen atoms in total. The first kappa shape index (κ1) is 22.8. The van der Waals surface area contributed by atoms with E-state index in [1.165, 1.54) is 0 Å². The van der Waals surface area contributed by atoms with Gasteiger partial charge in [0.15, 0.2) is 5.96 Å². The second-order valence-corrected chi connectivity index (χ2v) is 7.21. The summed E-state index contributed by atoms with van der Waals surface area (Å²) < 4.78 is 1.99. The van der Waals surface area contributed by atoms with Gasteiger partial charge in [-0.05, 0) is 30.2 Å². The van der Waals surface area contributed by atoms with Crippen molar-refractivity contribution in [3.63, 3.8) is 0 Å². The normalized spacial score (nSPS) is 15.5. The van der Waals surface area contributed by atoms with Crippen LogP contribution in [0.2, 0.25) is 0 Å². The lowest BCUT2D eigenvalue weighted by Gasteiger charge is -2.26. The molecule has 8 heteroatoms. The number of hydrogen-bond donors (Lipinski definition) is 3. The van der Waals surface area contributed by atoms with Gasteiger partial charge in [-0.3, -0.25) is 4.79 Å².